The van der Waals surface area contributed by atoms with E-state index in [2.05, 4.69) is 20.9 Å². The van der Waals surface area contributed by atoms with Crippen molar-refractivity contribution in [3.63, 3.8) is 0 Å². The lowest BCUT2D eigenvalue weighted by atomic mass is 10.1. The molecule has 3 aromatic rings. The third kappa shape index (κ3) is 5.89. The van der Waals surface area contributed by atoms with Crippen molar-refractivity contribution < 1.29 is 23.1 Å². The van der Waals surface area contributed by atoms with Gasteiger partial charge in [0.05, 0.1) is 22.8 Å². The van der Waals surface area contributed by atoms with E-state index in [-0.39, 0.29) is 16.1 Å². The number of carboxylic acid groups (broad SMARTS) is 1. The number of rotatable bonds is 9. The maximum atomic E-state index is 13.6. The van der Waals surface area contributed by atoms with Gasteiger partial charge >= 0.3 is 5.97 Å². The van der Waals surface area contributed by atoms with Crippen molar-refractivity contribution in [3.8, 4) is 0 Å². The Kier molecular flexibility index (Phi) is 7.65. The first-order valence-corrected chi connectivity index (χ1v) is 13.0. The van der Waals surface area contributed by atoms with E-state index < -0.39 is 33.4 Å². The molecule has 0 bridgehead atoms. The molecule has 0 fully saturated rings. The van der Waals surface area contributed by atoms with Crippen LogP contribution in [-0.4, -0.2) is 36.9 Å². The average Bonchev–Trinajstić information content (AvgIpc) is 2.88. The SMILES string of the molecule is O=C(O)CC(c1cccnc1)S(=O)(=O)c1ccccc1NC(=O)c1cccc(NC2=CCCCN2)c1. The molecule has 2 aromatic carbocycles. The average molecular weight is 507 g/mol. The molecular formula is C26H26N4O5S. The van der Waals surface area contributed by atoms with Crippen LogP contribution in [0.5, 0.6) is 0 Å². The number of carboxylic acids is 1. The maximum Gasteiger partial charge on any atom is 0.305 e. The van der Waals surface area contributed by atoms with Gasteiger partial charge in [-0.25, -0.2) is 8.42 Å². The summed E-state index contributed by atoms with van der Waals surface area (Å²) in [5.41, 5.74) is 1.36. The van der Waals surface area contributed by atoms with Crippen LogP contribution in [-0.2, 0) is 14.6 Å². The van der Waals surface area contributed by atoms with E-state index in [1.54, 1.807) is 30.3 Å². The smallest absolute Gasteiger partial charge is 0.305 e. The van der Waals surface area contributed by atoms with Gasteiger partial charge in [-0.1, -0.05) is 24.3 Å². The second-order valence-electron chi connectivity index (χ2n) is 8.26. The van der Waals surface area contributed by atoms with Gasteiger partial charge in [-0.2, -0.15) is 0 Å². The summed E-state index contributed by atoms with van der Waals surface area (Å²) in [6, 6.07) is 15.9. The molecule has 0 spiro atoms. The van der Waals surface area contributed by atoms with Crippen LogP contribution in [0.2, 0.25) is 0 Å². The number of allylic oxidation sites excluding steroid dienone is 1. The second kappa shape index (κ2) is 11.0. The van der Waals surface area contributed by atoms with Crippen LogP contribution in [0.25, 0.3) is 0 Å². The van der Waals surface area contributed by atoms with Crippen molar-refractivity contribution in [2.24, 2.45) is 0 Å². The number of hydrogen-bond acceptors (Lipinski definition) is 7. The first kappa shape index (κ1) is 24.9. The summed E-state index contributed by atoms with van der Waals surface area (Å²) < 4.78 is 27.2. The van der Waals surface area contributed by atoms with E-state index in [0.717, 1.165) is 25.2 Å². The number of nitrogens with one attached hydrogen (secondary N) is 3. The van der Waals surface area contributed by atoms with Gasteiger partial charge in [0.2, 0.25) is 0 Å². The second-order valence-corrected chi connectivity index (χ2v) is 10.4. The van der Waals surface area contributed by atoms with Crippen LogP contribution < -0.4 is 16.0 Å². The van der Waals surface area contributed by atoms with Crippen molar-refractivity contribution in [3.05, 3.63) is 96.1 Å². The van der Waals surface area contributed by atoms with Gasteiger partial charge in [0.15, 0.2) is 9.84 Å². The zero-order valence-corrected chi connectivity index (χ0v) is 20.2. The van der Waals surface area contributed by atoms with E-state index in [4.69, 9.17) is 0 Å². The van der Waals surface area contributed by atoms with Crippen LogP contribution in [0.1, 0.15) is 40.4 Å². The Labute approximate surface area is 209 Å². The molecular weight excluding hydrogens is 480 g/mol. The normalized spacial score (nSPS) is 14.2. The molecule has 1 aromatic heterocycles. The number of amides is 1. The third-order valence-corrected chi connectivity index (χ3v) is 7.84. The van der Waals surface area contributed by atoms with Gasteiger partial charge in [0.25, 0.3) is 5.91 Å². The lowest BCUT2D eigenvalue weighted by molar-refractivity contribution is -0.137. The highest BCUT2D eigenvalue weighted by Gasteiger charge is 2.33. The van der Waals surface area contributed by atoms with Gasteiger partial charge in [0, 0.05) is 30.2 Å². The van der Waals surface area contributed by atoms with Crippen LogP contribution in [0.4, 0.5) is 11.4 Å². The molecule has 0 aliphatic carbocycles. The molecule has 0 radical (unpaired) electrons. The molecule has 2 heterocycles. The Hall–Kier alpha value is -4.18. The lowest BCUT2D eigenvalue weighted by Crippen LogP contribution is -2.24. The van der Waals surface area contributed by atoms with Crippen molar-refractivity contribution in [1.82, 2.24) is 10.3 Å². The number of carbonyl (C=O) groups is 2. The summed E-state index contributed by atoms with van der Waals surface area (Å²) in [4.78, 5) is 28.4. The number of anilines is 2. The Morgan fingerprint density at radius 3 is 2.64 bits per heavy atom. The largest absolute Gasteiger partial charge is 0.481 e. The van der Waals surface area contributed by atoms with Crippen LogP contribution in [0.15, 0.2) is 89.8 Å². The van der Waals surface area contributed by atoms with Crippen LogP contribution in [0.3, 0.4) is 0 Å². The minimum Gasteiger partial charge on any atom is -0.481 e. The summed E-state index contributed by atoms with van der Waals surface area (Å²) in [5.74, 6) is -0.890. The zero-order chi connectivity index (χ0) is 25.5. The summed E-state index contributed by atoms with van der Waals surface area (Å²) in [5, 5.41) is 17.2. The number of para-hydroxylation sites is 1. The van der Waals surface area contributed by atoms with Crippen molar-refractivity contribution in [2.75, 3.05) is 17.2 Å². The Morgan fingerprint density at radius 2 is 1.92 bits per heavy atom. The molecule has 9 nitrogen and oxygen atoms in total. The molecule has 1 amide bonds. The van der Waals surface area contributed by atoms with E-state index in [1.807, 2.05) is 12.1 Å². The number of carbonyl (C=O) groups excluding carboxylic acids is 1. The van der Waals surface area contributed by atoms with E-state index >= 15 is 0 Å². The fraction of sp³-hybridized carbons (Fsp3) is 0.192. The Morgan fingerprint density at radius 1 is 1.08 bits per heavy atom. The number of benzene rings is 2. The van der Waals surface area contributed by atoms with Gasteiger partial charge in [0.1, 0.15) is 5.25 Å². The number of hydrogen-bond donors (Lipinski definition) is 4. The number of aromatic nitrogens is 1. The quantitative estimate of drug-likeness (QED) is 0.342. The fourth-order valence-electron chi connectivity index (χ4n) is 3.93. The highest BCUT2D eigenvalue weighted by Crippen LogP contribution is 2.35. The van der Waals surface area contributed by atoms with E-state index in [9.17, 15) is 23.1 Å². The molecule has 0 saturated carbocycles. The van der Waals surface area contributed by atoms with Gasteiger partial charge in [-0.05, 0) is 60.9 Å². The molecule has 1 atom stereocenters. The standard InChI is InChI=1S/C26H26N4O5S/c31-25(32)16-23(19-8-6-13-27-17-19)36(34,35)22-11-2-1-10-21(22)30-26(33)18-7-5-9-20(15-18)29-24-12-3-4-14-28-24/h1-2,5-13,15,17,23,28-29H,3-4,14,16H2,(H,30,33)(H,31,32). The minimum atomic E-state index is -4.20. The highest BCUT2D eigenvalue weighted by molar-refractivity contribution is 7.91. The highest BCUT2D eigenvalue weighted by atomic mass is 32.2. The van der Waals surface area contributed by atoms with Crippen molar-refractivity contribution in [2.45, 2.75) is 29.4 Å². The van der Waals surface area contributed by atoms with Gasteiger partial charge in [-0.3, -0.25) is 14.6 Å². The van der Waals surface area contributed by atoms with E-state index in [0.29, 0.717) is 11.3 Å². The first-order valence-electron chi connectivity index (χ1n) is 11.4. The monoisotopic (exact) mass is 506 g/mol. The van der Waals surface area contributed by atoms with Crippen LogP contribution in [0, 0.1) is 0 Å². The number of sulfone groups is 1. The molecule has 0 saturated heterocycles. The summed E-state index contributed by atoms with van der Waals surface area (Å²) in [6.07, 6.45) is 6.24. The number of pyridine rings is 1. The Balaban J connectivity index is 1.61. The molecule has 1 unspecified atom stereocenters. The van der Waals surface area contributed by atoms with Gasteiger partial charge < -0.3 is 21.1 Å². The maximum absolute atomic E-state index is 13.6. The first-order chi connectivity index (χ1) is 17.3. The van der Waals surface area contributed by atoms with Crippen molar-refractivity contribution in [1.29, 1.82) is 0 Å². The molecule has 4 N–H and O–H groups in total. The molecule has 10 heteroatoms. The zero-order valence-electron chi connectivity index (χ0n) is 19.3. The molecule has 4 rings (SSSR count). The topological polar surface area (TPSA) is 137 Å². The number of aliphatic carboxylic acids is 1. The van der Waals surface area contributed by atoms with E-state index in [1.165, 1.54) is 36.7 Å². The van der Waals surface area contributed by atoms with Crippen LogP contribution >= 0.6 is 0 Å². The predicted octanol–water partition coefficient (Wildman–Crippen LogP) is 3.96. The Bertz CT molecular complexity index is 1390. The third-order valence-electron chi connectivity index (χ3n) is 5.68. The summed E-state index contributed by atoms with van der Waals surface area (Å²) in [7, 11) is -4.20. The number of nitrogens with zero attached hydrogens (tertiary/aromatic N) is 1. The molecule has 36 heavy (non-hydrogen) atoms. The van der Waals surface area contributed by atoms with Crippen molar-refractivity contribution >= 4 is 33.1 Å². The summed E-state index contributed by atoms with van der Waals surface area (Å²) in [6.45, 7) is 0.867. The minimum absolute atomic E-state index is 0.0665. The molecule has 186 valence electrons. The summed E-state index contributed by atoms with van der Waals surface area (Å²) >= 11 is 0. The van der Waals surface area contributed by atoms with Gasteiger partial charge in [-0.15, -0.1) is 0 Å². The molecule has 1 aliphatic rings. The fourth-order valence-corrected chi connectivity index (χ4v) is 5.79. The predicted molar refractivity (Wildman–Crippen MR) is 136 cm³/mol. The lowest BCUT2D eigenvalue weighted by Gasteiger charge is -2.19. The molecule has 1 aliphatic heterocycles.